The number of thioether (sulfide) groups is 1. The summed E-state index contributed by atoms with van der Waals surface area (Å²) in [7, 11) is 1.58. The van der Waals surface area contributed by atoms with E-state index in [-0.39, 0.29) is 18.2 Å². The van der Waals surface area contributed by atoms with Crippen molar-refractivity contribution in [3.8, 4) is 5.75 Å². The van der Waals surface area contributed by atoms with Crippen molar-refractivity contribution in [1.82, 2.24) is 4.90 Å². The maximum atomic E-state index is 13.2. The molecule has 0 spiro atoms. The van der Waals surface area contributed by atoms with Crippen LogP contribution in [-0.4, -0.2) is 53.4 Å². The molecule has 198 valence electrons. The second-order valence-electron chi connectivity index (χ2n) is 8.65. The summed E-state index contributed by atoms with van der Waals surface area (Å²) in [5.74, 6) is -0.0754. The number of hydrogen-bond acceptors (Lipinski definition) is 7. The van der Waals surface area contributed by atoms with Crippen LogP contribution < -0.4 is 10.1 Å². The predicted molar refractivity (Wildman–Crippen MR) is 148 cm³/mol. The normalized spacial score (nSPS) is 16.5. The van der Waals surface area contributed by atoms with Crippen molar-refractivity contribution in [3.05, 3.63) is 54.1 Å². The Hall–Kier alpha value is -3.33. The first kappa shape index (κ1) is 28.2. The lowest BCUT2D eigenvalue weighted by molar-refractivity contribution is -0.129. The predicted octanol–water partition coefficient (Wildman–Crippen LogP) is 5.80. The van der Waals surface area contributed by atoms with Crippen molar-refractivity contribution >= 4 is 46.1 Å². The number of rotatable bonds is 12. The number of anilines is 1. The molecule has 1 aliphatic heterocycles. The topological polar surface area (TPSA) is 97.3 Å². The molecule has 2 aromatic rings. The molecule has 2 aromatic carbocycles. The van der Waals surface area contributed by atoms with Crippen molar-refractivity contribution in [2.45, 2.75) is 57.6 Å². The fraction of sp³-hybridized carbons (Fsp3) is 0.429. The Morgan fingerprint density at radius 2 is 1.73 bits per heavy atom. The van der Waals surface area contributed by atoms with Gasteiger partial charge in [-0.25, -0.2) is 9.79 Å². The van der Waals surface area contributed by atoms with E-state index in [1.807, 2.05) is 0 Å². The molecule has 0 bridgehead atoms. The summed E-state index contributed by atoms with van der Waals surface area (Å²) in [5, 5.41) is 2.77. The third-order valence-electron chi connectivity index (χ3n) is 5.88. The summed E-state index contributed by atoms with van der Waals surface area (Å²) in [4.78, 5) is 44.6. The van der Waals surface area contributed by atoms with Crippen LogP contribution in [0.15, 0.2) is 53.5 Å². The quantitative estimate of drug-likeness (QED) is 0.278. The molecule has 1 fully saturated rings. The SMILES string of the molecule is CCCCCCCN1C(=O)CC(C(=O)Nc2ccc(OC)cc2)SC1=Nc1ccc(C(=O)OCC)cc1. The van der Waals surface area contributed by atoms with Crippen LogP contribution in [0.5, 0.6) is 5.75 Å². The fourth-order valence-electron chi connectivity index (χ4n) is 3.83. The second kappa shape index (κ2) is 14.4. The molecular weight excluding hydrogens is 490 g/mol. The van der Waals surface area contributed by atoms with E-state index in [4.69, 9.17) is 14.5 Å². The van der Waals surface area contributed by atoms with Crippen LogP contribution in [-0.2, 0) is 14.3 Å². The first-order chi connectivity index (χ1) is 17.9. The highest BCUT2D eigenvalue weighted by Gasteiger charge is 2.35. The Bertz CT molecular complexity index is 1090. The van der Waals surface area contributed by atoms with Gasteiger partial charge in [-0.1, -0.05) is 44.4 Å². The van der Waals surface area contributed by atoms with E-state index in [0.717, 1.165) is 25.7 Å². The smallest absolute Gasteiger partial charge is 0.338 e. The summed E-state index contributed by atoms with van der Waals surface area (Å²) < 4.78 is 10.2. The number of amides is 2. The maximum Gasteiger partial charge on any atom is 0.338 e. The molecule has 1 atom stereocenters. The minimum Gasteiger partial charge on any atom is -0.497 e. The summed E-state index contributed by atoms with van der Waals surface area (Å²) in [6.07, 6.45) is 5.45. The molecule has 1 N–H and O–H groups in total. The number of nitrogens with zero attached hydrogens (tertiary/aromatic N) is 2. The number of aliphatic imine (C=N–C) groups is 1. The molecule has 0 radical (unpaired) electrons. The van der Waals surface area contributed by atoms with Gasteiger partial charge in [0.1, 0.15) is 11.0 Å². The van der Waals surface area contributed by atoms with Crippen LogP contribution >= 0.6 is 11.8 Å². The van der Waals surface area contributed by atoms with Crippen molar-refractivity contribution in [2.75, 3.05) is 25.6 Å². The molecule has 1 aliphatic rings. The summed E-state index contributed by atoms with van der Waals surface area (Å²) in [6, 6.07) is 13.8. The van der Waals surface area contributed by atoms with Gasteiger partial charge >= 0.3 is 5.97 Å². The number of methoxy groups -OCH3 is 1. The number of esters is 1. The van der Waals surface area contributed by atoms with Gasteiger partial charge in [-0.15, -0.1) is 0 Å². The number of benzene rings is 2. The molecule has 1 heterocycles. The Balaban J connectivity index is 1.77. The Kier molecular flexibility index (Phi) is 11.0. The maximum absolute atomic E-state index is 13.2. The van der Waals surface area contributed by atoms with Gasteiger partial charge in [0.15, 0.2) is 5.17 Å². The number of amidine groups is 1. The molecule has 0 aliphatic carbocycles. The highest BCUT2D eigenvalue weighted by Crippen LogP contribution is 2.30. The van der Waals surface area contributed by atoms with Crippen molar-refractivity contribution in [2.24, 2.45) is 4.99 Å². The van der Waals surface area contributed by atoms with E-state index >= 15 is 0 Å². The molecule has 3 rings (SSSR count). The van der Waals surface area contributed by atoms with Gasteiger partial charge in [0.2, 0.25) is 11.8 Å². The van der Waals surface area contributed by atoms with Crippen LogP contribution in [0.1, 0.15) is 62.7 Å². The molecule has 8 nitrogen and oxygen atoms in total. The zero-order chi connectivity index (χ0) is 26.6. The number of nitrogens with one attached hydrogen (secondary N) is 1. The van der Waals surface area contributed by atoms with Gasteiger partial charge in [0.05, 0.1) is 25.0 Å². The molecular formula is C28H35N3O5S. The third kappa shape index (κ3) is 8.35. The monoisotopic (exact) mass is 525 g/mol. The summed E-state index contributed by atoms with van der Waals surface area (Å²) in [6.45, 7) is 4.78. The van der Waals surface area contributed by atoms with Crippen molar-refractivity contribution in [3.63, 3.8) is 0 Å². The first-order valence-electron chi connectivity index (χ1n) is 12.7. The lowest BCUT2D eigenvalue weighted by Gasteiger charge is -2.32. The fourth-order valence-corrected chi connectivity index (χ4v) is 4.95. The Labute approximate surface area is 222 Å². The van der Waals surface area contributed by atoms with E-state index in [2.05, 4.69) is 12.2 Å². The van der Waals surface area contributed by atoms with Crippen LogP contribution in [0.2, 0.25) is 0 Å². The number of carbonyl (C=O) groups excluding carboxylic acids is 3. The minimum atomic E-state index is -0.608. The molecule has 1 unspecified atom stereocenters. The molecule has 9 heteroatoms. The summed E-state index contributed by atoms with van der Waals surface area (Å²) >= 11 is 1.29. The summed E-state index contributed by atoms with van der Waals surface area (Å²) in [5.41, 5.74) is 1.66. The zero-order valence-corrected chi connectivity index (χ0v) is 22.5. The van der Waals surface area contributed by atoms with Crippen molar-refractivity contribution in [1.29, 1.82) is 0 Å². The largest absolute Gasteiger partial charge is 0.497 e. The van der Waals surface area contributed by atoms with Crippen LogP contribution in [0, 0.1) is 0 Å². The van der Waals surface area contributed by atoms with E-state index in [9.17, 15) is 14.4 Å². The molecule has 1 saturated heterocycles. The number of unbranched alkanes of at least 4 members (excludes halogenated alkanes) is 4. The lowest BCUT2D eigenvalue weighted by atomic mass is 10.1. The van der Waals surface area contributed by atoms with E-state index < -0.39 is 11.2 Å². The van der Waals surface area contributed by atoms with Gasteiger partial charge in [-0.3, -0.25) is 14.5 Å². The molecule has 0 aromatic heterocycles. The minimum absolute atomic E-state index is 0.0996. The van der Waals surface area contributed by atoms with Crippen molar-refractivity contribution < 1.29 is 23.9 Å². The highest BCUT2D eigenvalue weighted by atomic mass is 32.2. The van der Waals surface area contributed by atoms with Gasteiger partial charge in [0.25, 0.3) is 0 Å². The first-order valence-corrected chi connectivity index (χ1v) is 13.6. The number of hydrogen-bond donors (Lipinski definition) is 1. The van der Waals surface area contributed by atoms with Gasteiger partial charge in [0, 0.05) is 18.7 Å². The number of ether oxygens (including phenoxy) is 2. The lowest BCUT2D eigenvalue weighted by Crippen LogP contribution is -2.45. The van der Waals surface area contributed by atoms with E-state index in [1.165, 1.54) is 18.2 Å². The van der Waals surface area contributed by atoms with Gasteiger partial charge in [-0.05, 0) is 61.9 Å². The standard InChI is InChI=1S/C28H35N3O5S/c1-4-6-7-8-9-18-31-25(32)19-24(26(33)29-21-14-16-23(35-3)17-15-21)37-28(31)30-22-12-10-20(11-13-22)27(34)36-5-2/h10-17,24H,4-9,18-19H2,1-3H3,(H,29,33). The van der Waals surface area contributed by atoms with Gasteiger partial charge in [-0.2, -0.15) is 0 Å². The average Bonchev–Trinajstić information content (AvgIpc) is 2.90. The average molecular weight is 526 g/mol. The zero-order valence-electron chi connectivity index (χ0n) is 21.7. The van der Waals surface area contributed by atoms with Gasteiger partial charge < -0.3 is 14.8 Å². The van der Waals surface area contributed by atoms with E-state index in [1.54, 1.807) is 67.5 Å². The molecule has 0 saturated carbocycles. The van der Waals surface area contributed by atoms with Crippen LogP contribution in [0.25, 0.3) is 0 Å². The number of carbonyl (C=O) groups is 3. The van der Waals surface area contributed by atoms with Crippen LogP contribution in [0.4, 0.5) is 11.4 Å². The second-order valence-corrected chi connectivity index (χ2v) is 9.82. The Morgan fingerprint density at radius 1 is 1.03 bits per heavy atom. The Morgan fingerprint density at radius 3 is 2.38 bits per heavy atom. The highest BCUT2D eigenvalue weighted by molar-refractivity contribution is 8.15. The molecule has 2 amide bonds. The third-order valence-corrected chi connectivity index (χ3v) is 7.07. The van der Waals surface area contributed by atoms with Crippen LogP contribution in [0.3, 0.4) is 0 Å². The van der Waals surface area contributed by atoms with E-state index in [0.29, 0.717) is 41.0 Å². The molecule has 37 heavy (non-hydrogen) atoms.